The van der Waals surface area contributed by atoms with Crippen LogP contribution in [0.5, 0.6) is 0 Å². The van der Waals surface area contributed by atoms with Crippen LogP contribution in [0.15, 0.2) is 0 Å². The molecule has 0 spiro atoms. The standard InChI is InChI=1S/C9H12N2O3/c1-2-3-10-4-8(9(14)5-12)11(6-10)7-13/h1,5,8,13H,3-4,6-7H2. The first kappa shape index (κ1) is 10.9. The zero-order chi connectivity index (χ0) is 10.6. The van der Waals surface area contributed by atoms with Crippen molar-refractivity contribution in [1.82, 2.24) is 9.80 Å². The molecule has 1 fully saturated rings. The molecule has 1 unspecified atom stereocenters. The molecule has 1 heterocycles. The van der Waals surface area contributed by atoms with Crippen molar-refractivity contribution in [1.29, 1.82) is 0 Å². The van der Waals surface area contributed by atoms with Gasteiger partial charge in [-0.2, -0.15) is 0 Å². The van der Waals surface area contributed by atoms with Crippen LogP contribution in [0.25, 0.3) is 0 Å². The van der Waals surface area contributed by atoms with Crippen LogP contribution in [0.3, 0.4) is 0 Å². The maximum atomic E-state index is 11.1. The van der Waals surface area contributed by atoms with Crippen molar-refractivity contribution in [3.05, 3.63) is 0 Å². The molecule has 0 bridgehead atoms. The summed E-state index contributed by atoms with van der Waals surface area (Å²) < 4.78 is 0. The minimum absolute atomic E-state index is 0.245. The molecule has 1 saturated heterocycles. The number of hydrogen-bond acceptors (Lipinski definition) is 5. The Hall–Kier alpha value is -1.22. The van der Waals surface area contributed by atoms with Crippen molar-refractivity contribution in [2.75, 3.05) is 26.5 Å². The van der Waals surface area contributed by atoms with Crippen molar-refractivity contribution in [3.63, 3.8) is 0 Å². The van der Waals surface area contributed by atoms with Crippen LogP contribution in [0.2, 0.25) is 0 Å². The average molecular weight is 196 g/mol. The van der Waals surface area contributed by atoms with E-state index in [0.29, 0.717) is 19.8 Å². The Balaban J connectivity index is 2.63. The lowest BCUT2D eigenvalue weighted by atomic mass is 10.2. The lowest BCUT2D eigenvalue weighted by Gasteiger charge is -2.16. The number of carbonyl (C=O) groups is 2. The summed E-state index contributed by atoms with van der Waals surface area (Å²) in [5, 5.41) is 8.95. The van der Waals surface area contributed by atoms with E-state index in [2.05, 4.69) is 5.92 Å². The number of aliphatic hydroxyl groups excluding tert-OH is 1. The van der Waals surface area contributed by atoms with E-state index >= 15 is 0 Å². The second-order valence-electron chi connectivity index (χ2n) is 3.12. The molecule has 0 radical (unpaired) electrons. The van der Waals surface area contributed by atoms with Gasteiger partial charge in [0.2, 0.25) is 5.78 Å². The van der Waals surface area contributed by atoms with Crippen molar-refractivity contribution in [2.45, 2.75) is 6.04 Å². The molecular formula is C9H12N2O3. The van der Waals surface area contributed by atoms with Gasteiger partial charge >= 0.3 is 0 Å². The lowest BCUT2D eigenvalue weighted by Crippen LogP contribution is -2.38. The Morgan fingerprint density at radius 2 is 2.43 bits per heavy atom. The number of terminal acetylenes is 1. The van der Waals surface area contributed by atoms with Gasteiger partial charge < -0.3 is 5.11 Å². The SMILES string of the molecule is C#CCN1CC(C(=O)C=O)N(CO)C1. The highest BCUT2D eigenvalue weighted by molar-refractivity contribution is 6.27. The van der Waals surface area contributed by atoms with Crippen molar-refractivity contribution in [2.24, 2.45) is 0 Å². The van der Waals surface area contributed by atoms with E-state index in [1.165, 1.54) is 4.90 Å². The average Bonchev–Trinajstić information content (AvgIpc) is 2.60. The van der Waals surface area contributed by atoms with Crippen LogP contribution < -0.4 is 0 Å². The third kappa shape index (κ3) is 2.17. The first-order valence-electron chi connectivity index (χ1n) is 4.22. The molecule has 0 aromatic heterocycles. The fourth-order valence-electron chi connectivity index (χ4n) is 1.51. The topological polar surface area (TPSA) is 60.9 Å². The van der Waals surface area contributed by atoms with Crippen LogP contribution in [-0.4, -0.2) is 59.5 Å². The van der Waals surface area contributed by atoms with E-state index in [1.54, 1.807) is 0 Å². The quantitative estimate of drug-likeness (QED) is 0.329. The molecule has 0 aromatic carbocycles. The number of nitrogens with zero attached hydrogens (tertiary/aromatic N) is 2. The lowest BCUT2D eigenvalue weighted by molar-refractivity contribution is -0.133. The third-order valence-electron chi connectivity index (χ3n) is 2.19. The highest BCUT2D eigenvalue weighted by Crippen LogP contribution is 2.11. The molecule has 0 aliphatic carbocycles. The second kappa shape index (κ2) is 4.86. The van der Waals surface area contributed by atoms with Gasteiger partial charge in [-0.3, -0.25) is 19.4 Å². The zero-order valence-electron chi connectivity index (χ0n) is 7.72. The van der Waals surface area contributed by atoms with Gasteiger partial charge in [0.05, 0.1) is 26.0 Å². The van der Waals surface area contributed by atoms with Gasteiger partial charge in [-0.15, -0.1) is 6.42 Å². The summed E-state index contributed by atoms with van der Waals surface area (Å²) in [4.78, 5) is 24.8. The number of rotatable bonds is 4. The molecular weight excluding hydrogens is 184 g/mol. The highest BCUT2D eigenvalue weighted by Gasteiger charge is 2.33. The molecule has 0 saturated carbocycles. The Bertz CT molecular complexity index is 272. The summed E-state index contributed by atoms with van der Waals surface area (Å²) in [6.07, 6.45) is 5.41. The van der Waals surface area contributed by atoms with E-state index in [4.69, 9.17) is 11.5 Å². The predicted molar refractivity (Wildman–Crippen MR) is 49.1 cm³/mol. The van der Waals surface area contributed by atoms with Crippen molar-refractivity contribution in [3.8, 4) is 12.3 Å². The fourth-order valence-corrected chi connectivity index (χ4v) is 1.51. The molecule has 0 aromatic rings. The molecule has 5 heteroatoms. The van der Waals surface area contributed by atoms with E-state index in [-0.39, 0.29) is 13.0 Å². The first-order valence-corrected chi connectivity index (χ1v) is 4.22. The molecule has 0 amide bonds. The van der Waals surface area contributed by atoms with Gasteiger partial charge in [-0.25, -0.2) is 0 Å². The summed E-state index contributed by atoms with van der Waals surface area (Å²) in [6, 6.07) is -0.550. The Morgan fingerprint density at radius 1 is 1.71 bits per heavy atom. The maximum Gasteiger partial charge on any atom is 0.213 e. The summed E-state index contributed by atoms with van der Waals surface area (Å²) in [5.41, 5.74) is 0. The Morgan fingerprint density at radius 3 is 2.93 bits per heavy atom. The van der Waals surface area contributed by atoms with Gasteiger partial charge in [-0.05, 0) is 0 Å². The number of carbonyl (C=O) groups excluding carboxylic acids is 2. The van der Waals surface area contributed by atoms with E-state index in [0.717, 1.165) is 0 Å². The minimum Gasteiger partial charge on any atom is -0.381 e. The Kier molecular flexibility index (Phi) is 3.77. The molecule has 5 nitrogen and oxygen atoms in total. The molecule has 1 N–H and O–H groups in total. The van der Waals surface area contributed by atoms with Crippen LogP contribution in [-0.2, 0) is 9.59 Å². The monoisotopic (exact) mass is 196 g/mol. The van der Waals surface area contributed by atoms with Crippen molar-refractivity contribution >= 4 is 12.1 Å². The van der Waals surface area contributed by atoms with E-state index in [1.807, 2.05) is 4.90 Å². The molecule has 1 rings (SSSR count). The third-order valence-corrected chi connectivity index (χ3v) is 2.19. The van der Waals surface area contributed by atoms with Gasteiger partial charge in [0, 0.05) is 6.54 Å². The number of hydrogen-bond donors (Lipinski definition) is 1. The molecule has 1 atom stereocenters. The van der Waals surface area contributed by atoms with Crippen LogP contribution in [0, 0.1) is 12.3 Å². The Labute approximate surface area is 82.3 Å². The number of aldehydes is 1. The maximum absolute atomic E-state index is 11.1. The number of aliphatic hydroxyl groups is 1. The number of Topliss-reactive ketones (excluding diaryl/α,β-unsaturated/α-hetero) is 1. The fraction of sp³-hybridized carbons (Fsp3) is 0.556. The van der Waals surface area contributed by atoms with Crippen LogP contribution in [0.4, 0.5) is 0 Å². The summed E-state index contributed by atoms with van der Waals surface area (Å²) in [7, 11) is 0. The predicted octanol–water partition coefficient (Wildman–Crippen LogP) is -1.72. The number of ketones is 1. The van der Waals surface area contributed by atoms with E-state index < -0.39 is 11.8 Å². The van der Waals surface area contributed by atoms with Crippen LogP contribution in [0.1, 0.15) is 0 Å². The van der Waals surface area contributed by atoms with Crippen molar-refractivity contribution < 1.29 is 14.7 Å². The summed E-state index contributed by atoms with van der Waals surface area (Å²) >= 11 is 0. The van der Waals surface area contributed by atoms with Gasteiger partial charge in [-0.1, -0.05) is 5.92 Å². The largest absolute Gasteiger partial charge is 0.381 e. The van der Waals surface area contributed by atoms with E-state index in [9.17, 15) is 9.59 Å². The van der Waals surface area contributed by atoms with Crippen LogP contribution >= 0.6 is 0 Å². The molecule has 76 valence electrons. The highest BCUT2D eigenvalue weighted by atomic mass is 16.3. The molecule has 14 heavy (non-hydrogen) atoms. The summed E-state index contributed by atoms with van der Waals surface area (Å²) in [6.45, 7) is 0.998. The normalized spacial score (nSPS) is 23.3. The first-order chi connectivity index (χ1) is 6.72. The van der Waals surface area contributed by atoms with Gasteiger partial charge in [0.15, 0.2) is 6.29 Å². The summed E-state index contributed by atoms with van der Waals surface area (Å²) in [5.74, 6) is 1.93. The van der Waals surface area contributed by atoms with Gasteiger partial charge in [0.25, 0.3) is 0 Å². The minimum atomic E-state index is -0.550. The second-order valence-corrected chi connectivity index (χ2v) is 3.12. The van der Waals surface area contributed by atoms with Gasteiger partial charge in [0.1, 0.15) is 0 Å². The smallest absolute Gasteiger partial charge is 0.213 e. The molecule has 1 aliphatic heterocycles. The zero-order valence-corrected chi connectivity index (χ0v) is 7.72. The molecule has 1 aliphatic rings.